The predicted octanol–water partition coefficient (Wildman–Crippen LogP) is 0.0452. The van der Waals surface area contributed by atoms with Crippen LogP contribution in [0.25, 0.3) is 5.70 Å². The highest BCUT2D eigenvalue weighted by Gasteiger charge is 2.25. The van der Waals surface area contributed by atoms with E-state index in [4.69, 9.17) is 0 Å². The maximum absolute atomic E-state index is 11.7. The predicted molar refractivity (Wildman–Crippen MR) is 70.6 cm³/mol. The normalized spacial score (nSPS) is 13.3. The third-order valence-corrected chi connectivity index (χ3v) is 2.73. The van der Waals surface area contributed by atoms with Gasteiger partial charge < -0.3 is 10.6 Å². The Morgan fingerprint density at radius 2 is 1.75 bits per heavy atom. The van der Waals surface area contributed by atoms with Crippen LogP contribution in [0.4, 0.5) is 0 Å². The van der Waals surface area contributed by atoms with Gasteiger partial charge in [0.2, 0.25) is 23.4 Å². The molecule has 1 aromatic rings. The van der Waals surface area contributed by atoms with Crippen LogP contribution in [0.5, 0.6) is 0 Å². The first-order chi connectivity index (χ1) is 9.49. The van der Waals surface area contributed by atoms with E-state index in [1.807, 2.05) is 0 Å². The smallest absolute Gasteiger partial charge is 0.243 e. The van der Waals surface area contributed by atoms with Crippen molar-refractivity contribution in [2.24, 2.45) is 0 Å². The first-order valence-electron chi connectivity index (χ1n) is 5.93. The molecule has 0 bridgehead atoms. The van der Waals surface area contributed by atoms with Crippen LogP contribution in [0.1, 0.15) is 22.8 Å². The summed E-state index contributed by atoms with van der Waals surface area (Å²) in [5, 5.41) is 4.86. The summed E-state index contributed by atoms with van der Waals surface area (Å²) < 4.78 is 0. The topological polar surface area (TPSA) is 92.3 Å². The van der Waals surface area contributed by atoms with E-state index in [1.165, 1.54) is 13.0 Å². The molecule has 102 valence electrons. The molecule has 0 spiro atoms. The molecule has 0 aromatic heterocycles. The van der Waals surface area contributed by atoms with Crippen molar-refractivity contribution in [3.63, 3.8) is 0 Å². The van der Waals surface area contributed by atoms with Crippen LogP contribution in [-0.2, 0) is 14.4 Å². The summed E-state index contributed by atoms with van der Waals surface area (Å²) >= 11 is 0. The van der Waals surface area contributed by atoms with Crippen LogP contribution in [0.3, 0.4) is 0 Å². The second-order valence-corrected chi connectivity index (χ2v) is 4.25. The van der Waals surface area contributed by atoms with Gasteiger partial charge in [-0.15, -0.1) is 0 Å². The summed E-state index contributed by atoms with van der Waals surface area (Å²) in [7, 11) is 0. The number of carbonyl (C=O) groups is 4. The average Bonchev–Trinajstić information content (AvgIpc) is 2.42. The molecule has 1 aliphatic rings. The molecule has 0 radical (unpaired) electrons. The second-order valence-electron chi connectivity index (χ2n) is 4.25. The molecule has 0 aliphatic heterocycles. The number of Topliss-reactive ketones (excluding diaryl/α,β-unsaturated/α-hetero) is 1. The maximum atomic E-state index is 11.7. The third kappa shape index (κ3) is 2.80. The van der Waals surface area contributed by atoms with E-state index in [1.54, 1.807) is 18.2 Å². The quantitative estimate of drug-likeness (QED) is 0.760. The summed E-state index contributed by atoms with van der Waals surface area (Å²) in [6.45, 7) is 1.10. The zero-order valence-electron chi connectivity index (χ0n) is 10.7. The number of rotatable bonds is 3. The summed E-state index contributed by atoms with van der Waals surface area (Å²) in [5.41, 5.74) is 1.02. The maximum Gasteiger partial charge on any atom is 0.243 e. The Kier molecular flexibility index (Phi) is 3.74. The summed E-state index contributed by atoms with van der Waals surface area (Å²) in [5.74, 6) is -2.08. The van der Waals surface area contributed by atoms with Crippen molar-refractivity contribution in [1.29, 1.82) is 0 Å². The van der Waals surface area contributed by atoms with Crippen LogP contribution in [0.2, 0.25) is 0 Å². The molecule has 0 saturated carbocycles. The Bertz CT molecular complexity index is 646. The van der Waals surface area contributed by atoms with Gasteiger partial charge in [-0.05, 0) is 0 Å². The molecule has 0 heterocycles. The lowest BCUT2D eigenvalue weighted by Gasteiger charge is -2.16. The third-order valence-electron chi connectivity index (χ3n) is 2.73. The number of fused-ring (bicyclic) bond motifs is 1. The first-order valence-corrected chi connectivity index (χ1v) is 5.93. The van der Waals surface area contributed by atoms with Gasteiger partial charge in [-0.1, -0.05) is 24.3 Å². The van der Waals surface area contributed by atoms with Crippen LogP contribution >= 0.6 is 0 Å². The van der Waals surface area contributed by atoms with Gasteiger partial charge in [-0.2, -0.15) is 0 Å². The van der Waals surface area contributed by atoms with Crippen molar-refractivity contribution < 1.29 is 19.2 Å². The van der Waals surface area contributed by atoms with Crippen LogP contribution in [0, 0.1) is 0 Å². The Hall–Kier alpha value is -2.76. The van der Waals surface area contributed by atoms with Gasteiger partial charge in [0, 0.05) is 24.1 Å². The number of allylic oxidation sites excluding steroid dienone is 1. The minimum atomic E-state index is -0.682. The lowest BCUT2D eigenvalue weighted by atomic mass is 9.93. The van der Waals surface area contributed by atoms with Crippen molar-refractivity contribution in [2.75, 3.05) is 6.54 Å². The number of hydrogen-bond acceptors (Lipinski definition) is 4. The van der Waals surface area contributed by atoms with Gasteiger partial charge in [-0.25, -0.2) is 0 Å². The highest BCUT2D eigenvalue weighted by atomic mass is 16.2. The van der Waals surface area contributed by atoms with Crippen LogP contribution < -0.4 is 10.6 Å². The Labute approximate surface area is 114 Å². The number of benzene rings is 1. The molecule has 2 N–H and O–H groups in total. The fraction of sp³-hybridized carbons (Fsp3) is 0.143. The lowest BCUT2D eigenvalue weighted by molar-refractivity contribution is -0.124. The van der Waals surface area contributed by atoms with Gasteiger partial charge in [0.1, 0.15) is 0 Å². The standard InChI is InChI=1S/C14H12N2O4/c1-8(17)15-7-13(19)16-11-6-12(18)14(20)10-5-3-2-4-9(10)11/h2-6H,7H2,1H3,(H,15,17)(H,16,19). The van der Waals surface area contributed by atoms with Crippen molar-refractivity contribution in [3.05, 3.63) is 41.5 Å². The monoisotopic (exact) mass is 272 g/mol. The largest absolute Gasteiger partial charge is 0.347 e. The molecule has 6 nitrogen and oxygen atoms in total. The van der Waals surface area contributed by atoms with E-state index >= 15 is 0 Å². The lowest BCUT2D eigenvalue weighted by Crippen LogP contribution is -2.36. The van der Waals surface area contributed by atoms with E-state index in [0.717, 1.165) is 6.08 Å². The highest BCUT2D eigenvalue weighted by Crippen LogP contribution is 2.22. The summed E-state index contributed by atoms with van der Waals surface area (Å²) in [6, 6.07) is 6.52. The van der Waals surface area contributed by atoms with Crippen molar-refractivity contribution in [2.45, 2.75) is 6.92 Å². The van der Waals surface area contributed by atoms with Gasteiger partial charge >= 0.3 is 0 Å². The van der Waals surface area contributed by atoms with E-state index in [9.17, 15) is 19.2 Å². The van der Waals surface area contributed by atoms with Crippen molar-refractivity contribution in [3.8, 4) is 0 Å². The minimum absolute atomic E-state index is 0.197. The summed E-state index contributed by atoms with van der Waals surface area (Å²) in [4.78, 5) is 45.6. The van der Waals surface area contributed by atoms with Crippen LogP contribution in [0.15, 0.2) is 30.3 Å². The molecule has 1 aromatic carbocycles. The molecule has 0 atom stereocenters. The molecular weight excluding hydrogens is 260 g/mol. The fourth-order valence-electron chi connectivity index (χ4n) is 1.83. The fourth-order valence-corrected chi connectivity index (χ4v) is 1.83. The van der Waals surface area contributed by atoms with Gasteiger partial charge in [-0.3, -0.25) is 19.2 Å². The van der Waals surface area contributed by atoms with E-state index in [0.29, 0.717) is 5.56 Å². The van der Waals surface area contributed by atoms with Gasteiger partial charge in [0.25, 0.3) is 0 Å². The molecular formula is C14H12N2O4. The minimum Gasteiger partial charge on any atom is -0.347 e. The molecule has 1 aliphatic carbocycles. The van der Waals surface area contributed by atoms with E-state index < -0.39 is 17.5 Å². The molecule has 0 unspecified atom stereocenters. The summed E-state index contributed by atoms with van der Waals surface area (Å²) in [6.07, 6.45) is 1.09. The SMILES string of the molecule is CC(=O)NCC(=O)NC1=CC(=O)C(=O)c2ccccc21. The van der Waals surface area contributed by atoms with Crippen molar-refractivity contribution >= 4 is 29.1 Å². The number of nitrogens with one attached hydrogen (secondary N) is 2. The van der Waals surface area contributed by atoms with Crippen molar-refractivity contribution in [1.82, 2.24) is 10.6 Å². The zero-order valence-corrected chi connectivity index (χ0v) is 10.7. The number of carbonyl (C=O) groups excluding carboxylic acids is 4. The van der Waals surface area contributed by atoms with E-state index in [2.05, 4.69) is 10.6 Å². The zero-order chi connectivity index (χ0) is 14.7. The van der Waals surface area contributed by atoms with Gasteiger partial charge in [0.05, 0.1) is 12.2 Å². The number of hydrogen-bond donors (Lipinski definition) is 2. The molecule has 2 rings (SSSR count). The number of ketones is 2. The Morgan fingerprint density at radius 1 is 1.10 bits per heavy atom. The molecule has 20 heavy (non-hydrogen) atoms. The van der Waals surface area contributed by atoms with Gasteiger partial charge in [0.15, 0.2) is 0 Å². The van der Waals surface area contributed by atoms with E-state index in [-0.39, 0.29) is 23.7 Å². The highest BCUT2D eigenvalue weighted by molar-refractivity contribution is 6.50. The van der Waals surface area contributed by atoms with Crippen LogP contribution in [-0.4, -0.2) is 29.9 Å². The first kappa shape index (κ1) is 13.7. The number of amides is 2. The molecule has 0 saturated heterocycles. The Morgan fingerprint density at radius 3 is 2.40 bits per heavy atom. The average molecular weight is 272 g/mol. The Balaban J connectivity index is 2.21. The molecule has 6 heteroatoms. The molecule has 2 amide bonds. The molecule has 0 fully saturated rings. The second kappa shape index (κ2) is 5.48.